The Hall–Kier alpha value is -1.88. The first kappa shape index (κ1) is 22.8. The molecule has 0 aromatic heterocycles. The Kier molecular flexibility index (Phi) is 7.56. The van der Waals surface area contributed by atoms with E-state index in [-0.39, 0.29) is 37.4 Å². The summed E-state index contributed by atoms with van der Waals surface area (Å²) in [5.41, 5.74) is 2.99. The van der Waals surface area contributed by atoms with Crippen LogP contribution in [-0.4, -0.2) is 23.7 Å². The van der Waals surface area contributed by atoms with Gasteiger partial charge in [0.1, 0.15) is 5.75 Å². The Morgan fingerprint density at radius 2 is 1.97 bits per heavy atom. The molecular weight excluding hydrogens is 529 g/mol. The molecule has 2 aromatic carbocycles. The van der Waals surface area contributed by atoms with Crippen LogP contribution in [0.3, 0.4) is 0 Å². The van der Waals surface area contributed by atoms with Gasteiger partial charge in [0.25, 0.3) is 0 Å². The van der Waals surface area contributed by atoms with E-state index in [4.69, 9.17) is 22.8 Å². The summed E-state index contributed by atoms with van der Waals surface area (Å²) in [7, 11) is 0. The molecule has 3 nitrogen and oxygen atoms in total. The fourth-order valence-corrected chi connectivity index (χ4v) is 5.84. The van der Waals surface area contributed by atoms with Crippen molar-refractivity contribution in [3.05, 3.63) is 77.4 Å². The number of aromatic hydroxyl groups is 1. The van der Waals surface area contributed by atoms with Crippen molar-refractivity contribution >= 4 is 29.1 Å². The molecule has 1 N–H and O–H groups in total. The van der Waals surface area contributed by atoms with Crippen molar-refractivity contribution in [1.82, 2.24) is 0 Å². The monoisotopic (exact) mass is 550 g/mol. The third-order valence-corrected chi connectivity index (χ3v) is 7.91. The predicted octanol–water partition coefficient (Wildman–Crippen LogP) is 2.95. The molecule has 0 aliphatic carbocycles. The van der Waals surface area contributed by atoms with Crippen LogP contribution in [0, 0.1) is 12.3 Å². The maximum absolute atomic E-state index is 10.0. The SMILES string of the molecule is C#Cc1cc(C(C)(C)c2ccc(OCC3=NC(SC)=C[I-]C=C3)cc2)cc(Cl)c1O. The molecule has 0 bridgehead atoms. The number of hydrogen-bond acceptors (Lipinski definition) is 4. The van der Waals surface area contributed by atoms with Gasteiger partial charge in [0.2, 0.25) is 0 Å². The van der Waals surface area contributed by atoms with Gasteiger partial charge in [-0.05, 0) is 0 Å². The normalized spacial score (nSPS) is 14.1. The van der Waals surface area contributed by atoms with Gasteiger partial charge in [0.15, 0.2) is 0 Å². The van der Waals surface area contributed by atoms with Crippen molar-refractivity contribution in [3.8, 4) is 23.8 Å². The van der Waals surface area contributed by atoms with Crippen LogP contribution < -0.4 is 25.9 Å². The first-order chi connectivity index (χ1) is 14.3. The van der Waals surface area contributed by atoms with Gasteiger partial charge in [-0.3, -0.25) is 0 Å². The van der Waals surface area contributed by atoms with Gasteiger partial charge in [-0.15, -0.1) is 6.42 Å². The Morgan fingerprint density at radius 3 is 2.63 bits per heavy atom. The van der Waals surface area contributed by atoms with E-state index >= 15 is 0 Å². The number of benzene rings is 2. The Labute approximate surface area is 197 Å². The molecule has 0 spiro atoms. The molecule has 0 atom stereocenters. The second-order valence-corrected chi connectivity index (χ2v) is 10.4. The number of aliphatic imine (C=N–C) groups is 1. The molecule has 2 aromatic rings. The van der Waals surface area contributed by atoms with Crippen LogP contribution in [0.5, 0.6) is 11.5 Å². The number of nitrogens with zero attached hydrogens (tertiary/aromatic N) is 1. The van der Waals surface area contributed by atoms with Crippen LogP contribution in [0.1, 0.15) is 30.5 Å². The van der Waals surface area contributed by atoms with E-state index in [1.165, 1.54) is 0 Å². The summed E-state index contributed by atoms with van der Waals surface area (Å²) >= 11 is 7.76. The summed E-state index contributed by atoms with van der Waals surface area (Å²) in [6, 6.07) is 11.6. The van der Waals surface area contributed by atoms with Gasteiger partial charge in [0.05, 0.1) is 10.6 Å². The molecule has 1 aliphatic rings. The molecule has 0 saturated heterocycles. The summed E-state index contributed by atoms with van der Waals surface area (Å²) in [5, 5.41) is 11.3. The molecule has 30 heavy (non-hydrogen) atoms. The minimum Gasteiger partial charge on any atom is -0.505 e. The Morgan fingerprint density at radius 1 is 1.23 bits per heavy atom. The zero-order valence-corrected chi connectivity index (χ0v) is 20.7. The molecule has 0 unspecified atom stereocenters. The summed E-state index contributed by atoms with van der Waals surface area (Å²) in [4.78, 5) is 4.64. The van der Waals surface area contributed by atoms with Crippen LogP contribution >= 0.6 is 23.4 Å². The van der Waals surface area contributed by atoms with E-state index in [0.29, 0.717) is 12.2 Å². The van der Waals surface area contributed by atoms with Gasteiger partial charge in [-0.2, -0.15) is 0 Å². The van der Waals surface area contributed by atoms with Crippen molar-refractivity contribution in [3.63, 3.8) is 0 Å². The van der Waals surface area contributed by atoms with Gasteiger partial charge >= 0.3 is 153 Å². The molecule has 3 rings (SSSR count). The average Bonchev–Trinajstić information content (AvgIpc) is 2.99. The standard InChI is InChI=1S/C24H22ClINO2S/c1-5-16-12-18(13-21(25)23(16)28)24(2,3)17-6-8-20(9-7-17)29-15-19-10-11-26-14-22(27-19)30-4/h1,6-14,28H,15H2,2-4H3/q-1. The summed E-state index contributed by atoms with van der Waals surface area (Å²) in [6.07, 6.45) is 9.61. The number of halogens is 2. The third kappa shape index (κ3) is 5.23. The molecule has 1 aliphatic heterocycles. The van der Waals surface area contributed by atoms with E-state index in [0.717, 1.165) is 27.6 Å². The fourth-order valence-electron chi connectivity index (χ4n) is 2.93. The maximum atomic E-state index is 10.0. The average molecular weight is 551 g/mol. The molecule has 156 valence electrons. The van der Waals surface area contributed by atoms with Crippen LogP contribution in [0.4, 0.5) is 0 Å². The summed E-state index contributed by atoms with van der Waals surface area (Å²) in [5.74, 6) is 3.22. The number of phenols is 1. The first-order valence-electron chi connectivity index (χ1n) is 9.18. The quantitative estimate of drug-likeness (QED) is 0.444. The number of terminal acetylenes is 1. The summed E-state index contributed by atoms with van der Waals surface area (Å²) < 4.78 is 10.4. The van der Waals surface area contributed by atoms with Gasteiger partial charge in [0, 0.05) is 0 Å². The zero-order valence-electron chi connectivity index (χ0n) is 16.9. The van der Waals surface area contributed by atoms with Gasteiger partial charge in [-0.1, -0.05) is 17.5 Å². The molecule has 1 heterocycles. The molecule has 0 saturated carbocycles. The van der Waals surface area contributed by atoms with E-state index in [2.05, 4.69) is 39.0 Å². The molecular formula is C24H22ClINO2S-. The molecule has 0 radical (unpaired) electrons. The van der Waals surface area contributed by atoms with Crippen molar-refractivity contribution < 1.29 is 31.0 Å². The number of rotatable bonds is 6. The van der Waals surface area contributed by atoms with Crippen LogP contribution in [-0.2, 0) is 5.41 Å². The molecule has 0 fully saturated rings. The van der Waals surface area contributed by atoms with E-state index in [1.807, 2.05) is 36.6 Å². The fraction of sp³-hybridized carbons (Fsp3) is 0.208. The minimum atomic E-state index is -0.350. The van der Waals surface area contributed by atoms with Crippen molar-refractivity contribution in [2.75, 3.05) is 12.9 Å². The van der Waals surface area contributed by atoms with E-state index in [1.54, 1.807) is 17.8 Å². The van der Waals surface area contributed by atoms with Crippen LogP contribution in [0.25, 0.3) is 0 Å². The van der Waals surface area contributed by atoms with Crippen molar-refractivity contribution in [1.29, 1.82) is 0 Å². The molecule has 6 heteroatoms. The van der Waals surface area contributed by atoms with E-state index in [9.17, 15) is 5.11 Å². The zero-order chi connectivity index (χ0) is 21.7. The Bertz CT molecular complexity index is 1070. The van der Waals surface area contributed by atoms with Crippen LogP contribution in [0.2, 0.25) is 5.02 Å². The minimum absolute atomic E-state index is 0.0560. The summed E-state index contributed by atoms with van der Waals surface area (Å²) in [6.45, 7) is 4.62. The molecule has 0 amide bonds. The number of thioether (sulfide) groups is 1. The number of hydrogen-bond donors (Lipinski definition) is 1. The van der Waals surface area contributed by atoms with Crippen molar-refractivity contribution in [2.45, 2.75) is 19.3 Å². The number of phenolic OH excluding ortho intramolecular Hbond substituents is 1. The second-order valence-electron chi connectivity index (χ2n) is 7.11. The Balaban J connectivity index is 1.77. The van der Waals surface area contributed by atoms with Gasteiger partial charge in [-0.25, -0.2) is 0 Å². The third-order valence-electron chi connectivity index (χ3n) is 4.85. The van der Waals surface area contributed by atoms with E-state index < -0.39 is 0 Å². The number of ether oxygens (including phenoxy) is 1. The smallest absolute Gasteiger partial charge is 0.505 e. The van der Waals surface area contributed by atoms with Crippen LogP contribution in [0.15, 0.2) is 60.7 Å². The van der Waals surface area contributed by atoms with Crippen molar-refractivity contribution in [2.24, 2.45) is 4.99 Å². The first-order valence-corrected chi connectivity index (χ1v) is 13.3. The second kappa shape index (κ2) is 9.95. The predicted molar refractivity (Wildman–Crippen MR) is 123 cm³/mol. The van der Waals surface area contributed by atoms with Gasteiger partial charge < -0.3 is 5.11 Å². The topological polar surface area (TPSA) is 41.8 Å².